The van der Waals surface area contributed by atoms with Gasteiger partial charge in [0.05, 0.1) is 5.56 Å². The van der Waals surface area contributed by atoms with E-state index in [1.54, 1.807) is 6.07 Å². The second-order valence-electron chi connectivity index (χ2n) is 4.70. The molecule has 16 heavy (non-hydrogen) atoms. The Kier molecular flexibility index (Phi) is 3.63. The van der Waals surface area contributed by atoms with Gasteiger partial charge in [-0.25, -0.2) is 0 Å². The van der Waals surface area contributed by atoms with E-state index < -0.39 is 17.2 Å². The van der Waals surface area contributed by atoms with Crippen LogP contribution in [0.1, 0.15) is 25.0 Å². The molecule has 0 aliphatic rings. The largest absolute Gasteiger partial charge is 0.416 e. The SMILES string of the molecule is CC(C)(CO)Cc1cccc(C(F)(F)F)c1. The Balaban J connectivity index is 2.92. The van der Waals surface area contributed by atoms with E-state index in [0.717, 1.165) is 12.1 Å². The van der Waals surface area contributed by atoms with Gasteiger partial charge in [-0.3, -0.25) is 0 Å². The predicted molar refractivity (Wildman–Crippen MR) is 56.0 cm³/mol. The summed E-state index contributed by atoms with van der Waals surface area (Å²) in [6.07, 6.45) is -3.88. The standard InChI is InChI=1S/C12H15F3O/c1-11(2,8-16)7-9-4-3-5-10(6-9)12(13,14)15/h3-6,16H,7-8H2,1-2H3. The molecule has 0 saturated carbocycles. The van der Waals surface area contributed by atoms with E-state index in [0.29, 0.717) is 12.0 Å². The van der Waals surface area contributed by atoms with E-state index in [2.05, 4.69) is 0 Å². The molecule has 0 unspecified atom stereocenters. The van der Waals surface area contributed by atoms with E-state index in [4.69, 9.17) is 5.11 Å². The maximum Gasteiger partial charge on any atom is 0.416 e. The van der Waals surface area contributed by atoms with Gasteiger partial charge in [-0.1, -0.05) is 32.0 Å². The zero-order chi connectivity index (χ0) is 12.4. The Morgan fingerprint density at radius 3 is 2.31 bits per heavy atom. The lowest BCUT2D eigenvalue weighted by molar-refractivity contribution is -0.137. The number of hydrogen-bond acceptors (Lipinski definition) is 1. The number of halogens is 3. The fourth-order valence-electron chi connectivity index (χ4n) is 1.47. The van der Waals surface area contributed by atoms with Crippen LogP contribution in [0.25, 0.3) is 0 Å². The number of alkyl halides is 3. The van der Waals surface area contributed by atoms with Crippen molar-refractivity contribution in [3.05, 3.63) is 35.4 Å². The highest BCUT2D eigenvalue weighted by Crippen LogP contribution is 2.31. The van der Waals surface area contributed by atoms with Gasteiger partial charge >= 0.3 is 6.18 Å². The molecule has 0 aliphatic carbocycles. The molecule has 1 nitrogen and oxygen atoms in total. The van der Waals surface area contributed by atoms with Gasteiger partial charge in [-0.2, -0.15) is 13.2 Å². The topological polar surface area (TPSA) is 20.2 Å². The van der Waals surface area contributed by atoms with Crippen LogP contribution >= 0.6 is 0 Å². The van der Waals surface area contributed by atoms with Crippen molar-refractivity contribution in [1.29, 1.82) is 0 Å². The minimum atomic E-state index is -4.31. The van der Waals surface area contributed by atoms with Crippen molar-refractivity contribution in [3.8, 4) is 0 Å². The monoisotopic (exact) mass is 232 g/mol. The van der Waals surface area contributed by atoms with Crippen LogP contribution in [0.4, 0.5) is 13.2 Å². The molecule has 0 heterocycles. The Bertz CT molecular complexity index is 356. The molecule has 0 amide bonds. The molecular formula is C12H15F3O. The lowest BCUT2D eigenvalue weighted by Gasteiger charge is -2.22. The summed E-state index contributed by atoms with van der Waals surface area (Å²) in [5, 5.41) is 9.06. The van der Waals surface area contributed by atoms with Gasteiger partial charge in [0.25, 0.3) is 0 Å². The fourth-order valence-corrected chi connectivity index (χ4v) is 1.47. The van der Waals surface area contributed by atoms with E-state index >= 15 is 0 Å². The molecule has 0 bridgehead atoms. The van der Waals surface area contributed by atoms with Crippen LogP contribution in [-0.4, -0.2) is 11.7 Å². The second kappa shape index (κ2) is 4.45. The summed E-state index contributed by atoms with van der Waals surface area (Å²) in [6.45, 7) is 3.57. The number of rotatable bonds is 3. The maximum absolute atomic E-state index is 12.4. The number of aliphatic hydroxyl groups excluding tert-OH is 1. The zero-order valence-corrected chi connectivity index (χ0v) is 9.30. The first-order chi connectivity index (χ1) is 7.24. The van der Waals surface area contributed by atoms with Gasteiger partial charge in [0.1, 0.15) is 0 Å². The van der Waals surface area contributed by atoms with Crippen molar-refractivity contribution < 1.29 is 18.3 Å². The summed E-state index contributed by atoms with van der Waals surface area (Å²) in [5.74, 6) is 0. The molecule has 1 aromatic carbocycles. The van der Waals surface area contributed by atoms with E-state index in [9.17, 15) is 13.2 Å². The van der Waals surface area contributed by atoms with Crippen molar-refractivity contribution >= 4 is 0 Å². The van der Waals surface area contributed by atoms with Crippen LogP contribution in [0, 0.1) is 5.41 Å². The molecule has 1 rings (SSSR count). The van der Waals surface area contributed by atoms with Crippen LogP contribution in [0.3, 0.4) is 0 Å². The van der Waals surface area contributed by atoms with E-state index in [1.165, 1.54) is 6.07 Å². The van der Waals surface area contributed by atoms with E-state index in [1.807, 2.05) is 13.8 Å². The molecule has 1 N–H and O–H groups in total. The van der Waals surface area contributed by atoms with Gasteiger partial charge in [0.15, 0.2) is 0 Å². The summed E-state index contributed by atoms with van der Waals surface area (Å²) >= 11 is 0. The lowest BCUT2D eigenvalue weighted by atomic mass is 9.86. The molecule has 0 saturated heterocycles. The first-order valence-electron chi connectivity index (χ1n) is 5.02. The third-order valence-corrected chi connectivity index (χ3v) is 2.37. The molecular weight excluding hydrogens is 217 g/mol. The van der Waals surface area contributed by atoms with Crippen molar-refractivity contribution in [2.45, 2.75) is 26.4 Å². The van der Waals surface area contributed by atoms with Gasteiger partial charge in [0, 0.05) is 6.61 Å². The van der Waals surface area contributed by atoms with Crippen LogP contribution < -0.4 is 0 Å². The summed E-state index contributed by atoms with van der Waals surface area (Å²) in [5.41, 5.74) is -0.447. The predicted octanol–water partition coefficient (Wildman–Crippen LogP) is 3.27. The molecule has 0 fully saturated rings. The first-order valence-corrected chi connectivity index (χ1v) is 5.02. The molecule has 1 aromatic rings. The summed E-state index contributed by atoms with van der Waals surface area (Å²) in [4.78, 5) is 0. The normalized spacial score (nSPS) is 12.9. The Hall–Kier alpha value is -1.03. The summed E-state index contributed by atoms with van der Waals surface area (Å²) in [7, 11) is 0. The Labute approximate surface area is 92.9 Å². The summed E-state index contributed by atoms with van der Waals surface area (Å²) in [6, 6.07) is 5.23. The smallest absolute Gasteiger partial charge is 0.396 e. The molecule has 0 aliphatic heterocycles. The van der Waals surface area contributed by atoms with Crippen molar-refractivity contribution in [2.75, 3.05) is 6.61 Å². The molecule has 0 radical (unpaired) electrons. The quantitative estimate of drug-likeness (QED) is 0.848. The lowest BCUT2D eigenvalue weighted by Crippen LogP contribution is -2.20. The van der Waals surface area contributed by atoms with Crippen LogP contribution in [-0.2, 0) is 12.6 Å². The van der Waals surface area contributed by atoms with Crippen LogP contribution in [0.2, 0.25) is 0 Å². The minimum Gasteiger partial charge on any atom is -0.396 e. The van der Waals surface area contributed by atoms with Gasteiger partial charge in [0.2, 0.25) is 0 Å². The molecule has 0 atom stereocenters. The molecule has 4 heteroatoms. The molecule has 0 aromatic heterocycles. The highest BCUT2D eigenvalue weighted by Gasteiger charge is 2.30. The van der Waals surface area contributed by atoms with Crippen LogP contribution in [0.15, 0.2) is 24.3 Å². The first kappa shape index (κ1) is 13.0. The molecule has 0 spiro atoms. The minimum absolute atomic E-state index is 0.0523. The average Bonchev–Trinajstić information content (AvgIpc) is 2.16. The number of aliphatic hydroxyl groups is 1. The van der Waals surface area contributed by atoms with Gasteiger partial charge < -0.3 is 5.11 Å². The Morgan fingerprint density at radius 2 is 1.81 bits per heavy atom. The van der Waals surface area contributed by atoms with Crippen molar-refractivity contribution in [1.82, 2.24) is 0 Å². The third kappa shape index (κ3) is 3.52. The summed E-state index contributed by atoms with van der Waals surface area (Å²) < 4.78 is 37.3. The third-order valence-electron chi connectivity index (χ3n) is 2.37. The molecule has 90 valence electrons. The van der Waals surface area contributed by atoms with Crippen LogP contribution in [0.5, 0.6) is 0 Å². The highest BCUT2D eigenvalue weighted by molar-refractivity contribution is 5.26. The fraction of sp³-hybridized carbons (Fsp3) is 0.500. The van der Waals surface area contributed by atoms with Crippen molar-refractivity contribution in [2.24, 2.45) is 5.41 Å². The number of benzene rings is 1. The van der Waals surface area contributed by atoms with Crippen molar-refractivity contribution in [3.63, 3.8) is 0 Å². The Morgan fingerprint density at radius 1 is 1.19 bits per heavy atom. The van der Waals surface area contributed by atoms with E-state index in [-0.39, 0.29) is 6.61 Å². The van der Waals surface area contributed by atoms with Gasteiger partial charge in [-0.15, -0.1) is 0 Å². The number of hydrogen-bond donors (Lipinski definition) is 1. The average molecular weight is 232 g/mol. The van der Waals surface area contributed by atoms with Gasteiger partial charge in [-0.05, 0) is 23.5 Å². The maximum atomic E-state index is 12.4. The second-order valence-corrected chi connectivity index (χ2v) is 4.70. The zero-order valence-electron chi connectivity index (χ0n) is 9.30. The highest BCUT2D eigenvalue weighted by atomic mass is 19.4.